The predicted molar refractivity (Wildman–Crippen MR) is 59.5 cm³/mol. The Morgan fingerprint density at radius 1 is 1.38 bits per heavy atom. The van der Waals surface area contributed by atoms with Gasteiger partial charge in [-0.2, -0.15) is 5.90 Å². The van der Waals surface area contributed by atoms with Gasteiger partial charge in [0.05, 0.1) is 11.3 Å². The van der Waals surface area contributed by atoms with Crippen molar-refractivity contribution in [1.82, 2.24) is 0 Å². The summed E-state index contributed by atoms with van der Waals surface area (Å²) in [6.45, 7) is 1.72. The summed E-state index contributed by atoms with van der Waals surface area (Å²) in [6, 6.07) is 6.45. The number of nitrogens with one attached hydrogen (secondary N) is 1. The van der Waals surface area contributed by atoms with E-state index in [0.717, 1.165) is 0 Å². The summed E-state index contributed by atoms with van der Waals surface area (Å²) in [4.78, 5) is 26.7. The molecule has 84 valence electrons. The Labute approximate surface area is 92.8 Å². The molecule has 1 aromatic rings. The molecule has 0 aromatic heterocycles. The third-order valence-electron chi connectivity index (χ3n) is 1.83. The fourth-order valence-electron chi connectivity index (χ4n) is 1.16. The molecule has 0 unspecified atom stereocenters. The normalized spacial score (nSPS) is 10.1. The van der Waals surface area contributed by atoms with Crippen LogP contribution in [0.15, 0.2) is 36.4 Å². The molecule has 0 saturated carbocycles. The van der Waals surface area contributed by atoms with Gasteiger partial charge in [-0.05, 0) is 25.1 Å². The predicted octanol–water partition coefficient (Wildman–Crippen LogP) is 1.23. The van der Waals surface area contributed by atoms with Crippen LogP contribution in [0.4, 0.5) is 5.69 Å². The molecule has 0 aliphatic rings. The highest BCUT2D eigenvalue weighted by Crippen LogP contribution is 2.15. The van der Waals surface area contributed by atoms with Crippen LogP contribution < -0.4 is 11.2 Å². The van der Waals surface area contributed by atoms with E-state index in [-0.39, 0.29) is 11.5 Å². The lowest BCUT2D eigenvalue weighted by atomic mass is 10.2. The molecular formula is C11H12N2O3. The minimum Gasteiger partial charge on any atom is -0.370 e. The summed E-state index contributed by atoms with van der Waals surface area (Å²) in [5, 5.41) is 2.54. The first kappa shape index (κ1) is 11.9. The quantitative estimate of drug-likeness (QED) is 0.593. The number of allylic oxidation sites excluding steroid dienone is 1. The highest BCUT2D eigenvalue weighted by atomic mass is 16.7. The van der Waals surface area contributed by atoms with Crippen molar-refractivity contribution in [3.8, 4) is 0 Å². The number of rotatable bonds is 3. The van der Waals surface area contributed by atoms with E-state index in [1.807, 2.05) is 0 Å². The lowest BCUT2D eigenvalue weighted by Crippen LogP contribution is -2.15. The fourth-order valence-corrected chi connectivity index (χ4v) is 1.16. The summed E-state index contributed by atoms with van der Waals surface area (Å²) in [6.07, 6.45) is 2.95. The Bertz CT molecular complexity index is 427. The molecule has 0 fully saturated rings. The molecule has 0 radical (unpaired) electrons. The van der Waals surface area contributed by atoms with E-state index in [2.05, 4.69) is 10.2 Å². The van der Waals surface area contributed by atoms with E-state index >= 15 is 0 Å². The number of hydrogen-bond donors (Lipinski definition) is 2. The number of amides is 1. The molecule has 16 heavy (non-hydrogen) atoms. The molecule has 5 heteroatoms. The number of carbonyl (C=O) groups is 2. The highest BCUT2D eigenvalue weighted by Gasteiger charge is 2.12. The minimum atomic E-state index is -0.698. The maximum Gasteiger partial charge on any atom is 0.358 e. The Morgan fingerprint density at radius 2 is 2.06 bits per heavy atom. The lowest BCUT2D eigenvalue weighted by molar-refractivity contribution is -0.111. The van der Waals surface area contributed by atoms with E-state index in [4.69, 9.17) is 5.90 Å². The number of nitrogens with two attached hydrogens (primary N) is 1. The molecule has 1 rings (SSSR count). The second-order valence-corrected chi connectivity index (χ2v) is 2.94. The van der Waals surface area contributed by atoms with Crippen molar-refractivity contribution >= 4 is 17.6 Å². The van der Waals surface area contributed by atoms with Crippen molar-refractivity contribution in [2.45, 2.75) is 6.92 Å². The molecule has 0 aliphatic heterocycles. The Balaban J connectivity index is 2.95. The molecule has 0 atom stereocenters. The van der Waals surface area contributed by atoms with E-state index in [0.29, 0.717) is 5.69 Å². The van der Waals surface area contributed by atoms with Crippen LogP contribution in [0.5, 0.6) is 0 Å². The maximum absolute atomic E-state index is 11.3. The van der Waals surface area contributed by atoms with E-state index < -0.39 is 5.97 Å². The zero-order valence-electron chi connectivity index (χ0n) is 8.77. The molecular weight excluding hydrogens is 208 g/mol. The van der Waals surface area contributed by atoms with Crippen molar-refractivity contribution in [3.05, 3.63) is 42.0 Å². The minimum absolute atomic E-state index is 0.211. The number of hydrogen-bond acceptors (Lipinski definition) is 4. The van der Waals surface area contributed by atoms with Crippen LogP contribution in [0, 0.1) is 0 Å². The van der Waals surface area contributed by atoms with E-state index in [9.17, 15) is 9.59 Å². The fraction of sp³-hybridized carbons (Fsp3) is 0.0909. The first-order chi connectivity index (χ1) is 7.69. The summed E-state index contributed by atoms with van der Waals surface area (Å²) in [5.41, 5.74) is 0.573. The van der Waals surface area contributed by atoms with Crippen molar-refractivity contribution < 1.29 is 14.4 Å². The van der Waals surface area contributed by atoms with Crippen LogP contribution in [-0.4, -0.2) is 11.9 Å². The topological polar surface area (TPSA) is 81.4 Å². The van der Waals surface area contributed by atoms with Crippen molar-refractivity contribution in [2.75, 3.05) is 5.32 Å². The monoisotopic (exact) mass is 220 g/mol. The van der Waals surface area contributed by atoms with Gasteiger partial charge < -0.3 is 10.2 Å². The first-order valence-corrected chi connectivity index (χ1v) is 4.62. The molecule has 0 bridgehead atoms. The summed E-state index contributed by atoms with van der Waals surface area (Å²) < 4.78 is 0. The average Bonchev–Trinajstić information content (AvgIpc) is 2.29. The molecule has 0 saturated heterocycles. The van der Waals surface area contributed by atoms with Crippen LogP contribution >= 0.6 is 0 Å². The van der Waals surface area contributed by atoms with Gasteiger partial charge in [0.15, 0.2) is 0 Å². The largest absolute Gasteiger partial charge is 0.370 e. The van der Waals surface area contributed by atoms with Crippen LogP contribution in [-0.2, 0) is 9.63 Å². The molecule has 0 spiro atoms. The molecule has 1 aromatic carbocycles. The summed E-state index contributed by atoms with van der Waals surface area (Å²) in [5.74, 6) is 3.77. The third kappa shape index (κ3) is 2.93. The van der Waals surface area contributed by atoms with E-state index in [1.165, 1.54) is 12.1 Å². The van der Waals surface area contributed by atoms with E-state index in [1.54, 1.807) is 31.2 Å². The second kappa shape index (κ2) is 5.67. The summed E-state index contributed by atoms with van der Waals surface area (Å²) >= 11 is 0. The van der Waals surface area contributed by atoms with Gasteiger partial charge in [0, 0.05) is 0 Å². The number of carbonyl (C=O) groups excluding carboxylic acids is 2. The average molecular weight is 220 g/mol. The van der Waals surface area contributed by atoms with Gasteiger partial charge in [0.25, 0.3) is 0 Å². The number of para-hydroxylation sites is 1. The smallest absolute Gasteiger partial charge is 0.358 e. The zero-order chi connectivity index (χ0) is 12.0. The Hall–Kier alpha value is -2.14. The van der Waals surface area contributed by atoms with Gasteiger partial charge in [0.1, 0.15) is 0 Å². The first-order valence-electron chi connectivity index (χ1n) is 4.62. The second-order valence-electron chi connectivity index (χ2n) is 2.94. The van der Waals surface area contributed by atoms with Gasteiger partial charge in [0.2, 0.25) is 5.91 Å². The molecule has 1 amide bonds. The standard InChI is InChI=1S/C11H12N2O3/c1-2-5-10(14)13-9-7-4-3-6-8(9)11(15)16-12/h2-7H,12H2,1H3,(H,13,14)/b5-2+. The van der Waals surface area contributed by atoms with Crippen LogP contribution in [0.3, 0.4) is 0 Å². The molecule has 0 aliphatic carbocycles. The third-order valence-corrected chi connectivity index (χ3v) is 1.83. The van der Waals surface area contributed by atoms with Crippen LogP contribution in [0.25, 0.3) is 0 Å². The maximum atomic E-state index is 11.3. The van der Waals surface area contributed by atoms with Crippen molar-refractivity contribution in [2.24, 2.45) is 5.90 Å². The van der Waals surface area contributed by atoms with Gasteiger partial charge in [-0.15, -0.1) is 0 Å². The van der Waals surface area contributed by atoms with Gasteiger partial charge in [-0.3, -0.25) is 4.79 Å². The van der Waals surface area contributed by atoms with Crippen molar-refractivity contribution in [3.63, 3.8) is 0 Å². The SMILES string of the molecule is C/C=C/C(=O)Nc1ccccc1C(=O)ON. The van der Waals surface area contributed by atoms with Gasteiger partial charge in [-0.1, -0.05) is 18.2 Å². The Kier molecular flexibility index (Phi) is 4.23. The Morgan fingerprint density at radius 3 is 2.69 bits per heavy atom. The van der Waals surface area contributed by atoms with Crippen molar-refractivity contribution in [1.29, 1.82) is 0 Å². The molecule has 3 N–H and O–H groups in total. The van der Waals surface area contributed by atoms with Crippen LogP contribution in [0.2, 0.25) is 0 Å². The lowest BCUT2D eigenvalue weighted by Gasteiger charge is -2.06. The van der Waals surface area contributed by atoms with Gasteiger partial charge in [-0.25, -0.2) is 4.79 Å². The van der Waals surface area contributed by atoms with Gasteiger partial charge >= 0.3 is 5.97 Å². The van der Waals surface area contributed by atoms with Crippen LogP contribution in [0.1, 0.15) is 17.3 Å². The number of anilines is 1. The molecule has 0 heterocycles. The highest BCUT2D eigenvalue weighted by molar-refractivity contribution is 6.04. The number of benzene rings is 1. The summed E-state index contributed by atoms with van der Waals surface area (Å²) in [7, 11) is 0. The zero-order valence-corrected chi connectivity index (χ0v) is 8.77. The molecule has 5 nitrogen and oxygen atoms in total.